The average Bonchev–Trinajstić information content (AvgIpc) is 2.52. The topological polar surface area (TPSA) is 52.6 Å². The fourth-order valence-corrected chi connectivity index (χ4v) is 2.70. The zero-order valence-electron chi connectivity index (χ0n) is 8.86. The van der Waals surface area contributed by atoms with Crippen LogP contribution >= 0.6 is 22.6 Å². The summed E-state index contributed by atoms with van der Waals surface area (Å²) in [6.45, 7) is 4.29. The van der Waals surface area contributed by atoms with Crippen molar-refractivity contribution in [3.05, 3.63) is 0 Å². The Morgan fingerprint density at radius 1 is 1.67 bits per heavy atom. The second-order valence-electron chi connectivity index (χ2n) is 3.89. The number of hydrogen-bond acceptors (Lipinski definition) is 4. The highest BCUT2D eigenvalue weighted by molar-refractivity contribution is 14.1. The fourth-order valence-electron chi connectivity index (χ4n) is 1.33. The van der Waals surface area contributed by atoms with Gasteiger partial charge in [-0.05, 0) is 5.92 Å². The lowest BCUT2D eigenvalue weighted by Crippen LogP contribution is -2.30. The van der Waals surface area contributed by atoms with E-state index in [9.17, 15) is 9.59 Å². The van der Waals surface area contributed by atoms with Crippen molar-refractivity contribution in [1.82, 2.24) is 0 Å². The van der Waals surface area contributed by atoms with E-state index in [0.717, 1.165) is 0 Å². The first-order chi connectivity index (χ1) is 7.06. The average molecular weight is 326 g/mol. The molecule has 2 unspecified atom stereocenters. The van der Waals surface area contributed by atoms with Crippen molar-refractivity contribution in [3.8, 4) is 0 Å². The van der Waals surface area contributed by atoms with E-state index in [0.29, 0.717) is 17.5 Å². The summed E-state index contributed by atoms with van der Waals surface area (Å²) < 4.78 is 10.5. The van der Waals surface area contributed by atoms with Crippen LogP contribution in [-0.4, -0.2) is 29.1 Å². The summed E-state index contributed by atoms with van der Waals surface area (Å²) in [5.41, 5.74) is 0. The maximum atomic E-state index is 11.7. The summed E-state index contributed by atoms with van der Waals surface area (Å²) in [6.07, 6.45) is -0.196. The van der Waals surface area contributed by atoms with Gasteiger partial charge in [0.05, 0.1) is 12.5 Å². The molecule has 0 aromatic carbocycles. The largest absolute Gasteiger partial charge is 0.463 e. The van der Waals surface area contributed by atoms with E-state index < -0.39 is 12.1 Å². The van der Waals surface area contributed by atoms with Crippen LogP contribution < -0.4 is 0 Å². The number of alkyl halides is 1. The summed E-state index contributed by atoms with van der Waals surface area (Å²) >= 11 is 2.15. The Kier molecular flexibility index (Phi) is 4.82. The molecule has 1 aliphatic heterocycles. The van der Waals surface area contributed by atoms with Crippen LogP contribution in [0.1, 0.15) is 20.3 Å². The van der Waals surface area contributed by atoms with Crippen molar-refractivity contribution < 1.29 is 19.1 Å². The molecule has 86 valence electrons. The molecule has 1 rings (SSSR count). The minimum absolute atomic E-state index is 0.140. The zero-order chi connectivity index (χ0) is 11.4. The first kappa shape index (κ1) is 12.7. The molecule has 2 atom stereocenters. The summed E-state index contributed by atoms with van der Waals surface area (Å²) in [4.78, 5) is 22.8. The van der Waals surface area contributed by atoms with E-state index in [4.69, 9.17) is 9.47 Å². The smallest absolute Gasteiger partial charge is 0.347 e. The normalized spacial score (nSPS) is 22.7. The van der Waals surface area contributed by atoms with Gasteiger partial charge in [-0.1, -0.05) is 36.4 Å². The molecule has 0 saturated carbocycles. The maximum absolute atomic E-state index is 11.7. The minimum Gasteiger partial charge on any atom is -0.463 e. The molecule has 0 amide bonds. The van der Waals surface area contributed by atoms with Crippen molar-refractivity contribution in [2.75, 3.05) is 11.0 Å². The van der Waals surface area contributed by atoms with Gasteiger partial charge in [0.25, 0.3) is 0 Å². The number of cyclic esters (lactones) is 1. The zero-order valence-corrected chi connectivity index (χ0v) is 11.0. The molecule has 0 bridgehead atoms. The van der Waals surface area contributed by atoms with Gasteiger partial charge in [0.1, 0.15) is 0 Å². The first-order valence-electron chi connectivity index (χ1n) is 4.99. The highest BCUT2D eigenvalue weighted by Crippen LogP contribution is 2.19. The van der Waals surface area contributed by atoms with Gasteiger partial charge in [-0.15, -0.1) is 0 Å². The molecule has 4 nitrogen and oxygen atoms in total. The van der Waals surface area contributed by atoms with Crippen LogP contribution in [0.4, 0.5) is 0 Å². The van der Waals surface area contributed by atoms with Crippen LogP contribution in [0.25, 0.3) is 0 Å². The van der Waals surface area contributed by atoms with Crippen LogP contribution in [0.15, 0.2) is 0 Å². The fraction of sp³-hybridized carbons (Fsp3) is 0.800. The lowest BCUT2D eigenvalue weighted by atomic mass is 9.98. The third-order valence-electron chi connectivity index (χ3n) is 2.42. The van der Waals surface area contributed by atoms with Gasteiger partial charge in [-0.2, -0.15) is 0 Å². The van der Waals surface area contributed by atoms with Crippen molar-refractivity contribution in [2.24, 2.45) is 11.8 Å². The third-order valence-corrected chi connectivity index (χ3v) is 3.37. The first-order valence-corrected chi connectivity index (χ1v) is 6.52. The quantitative estimate of drug-likeness (QED) is 0.447. The van der Waals surface area contributed by atoms with Crippen LogP contribution in [-0.2, 0) is 19.1 Å². The molecule has 0 N–H and O–H groups in total. The Hall–Kier alpha value is -0.330. The molecule has 0 radical (unpaired) electrons. The van der Waals surface area contributed by atoms with Gasteiger partial charge >= 0.3 is 11.9 Å². The minimum atomic E-state index is -0.679. The molecule has 1 heterocycles. The third kappa shape index (κ3) is 3.32. The molecule has 1 saturated heterocycles. The number of esters is 2. The predicted octanol–water partition coefficient (Wildman–Crippen LogP) is 1.55. The standard InChI is InChI=1S/C10H15IO4/c1-6(2)7(5-11)9(12)15-8-3-4-14-10(8)13/h6-8H,3-5H2,1-2H3. The maximum Gasteiger partial charge on any atom is 0.347 e. The molecule has 0 spiro atoms. The Morgan fingerprint density at radius 3 is 2.73 bits per heavy atom. The van der Waals surface area contributed by atoms with Crippen molar-refractivity contribution in [1.29, 1.82) is 0 Å². The molecular formula is C10H15IO4. The Labute approximate surface area is 103 Å². The molecule has 0 aromatic rings. The monoisotopic (exact) mass is 326 g/mol. The lowest BCUT2D eigenvalue weighted by Gasteiger charge is -2.18. The summed E-state index contributed by atoms with van der Waals surface area (Å²) in [7, 11) is 0. The van der Waals surface area contributed by atoms with E-state index >= 15 is 0 Å². The van der Waals surface area contributed by atoms with E-state index in [1.54, 1.807) is 0 Å². The van der Waals surface area contributed by atoms with Gasteiger partial charge in [0.15, 0.2) is 0 Å². The Balaban J connectivity index is 2.50. The molecule has 5 heteroatoms. The van der Waals surface area contributed by atoms with Crippen LogP contribution in [0.2, 0.25) is 0 Å². The lowest BCUT2D eigenvalue weighted by molar-refractivity contribution is -0.163. The van der Waals surface area contributed by atoms with Crippen LogP contribution in [0.3, 0.4) is 0 Å². The number of carbonyl (C=O) groups is 2. The van der Waals surface area contributed by atoms with E-state index in [2.05, 4.69) is 22.6 Å². The molecule has 0 aliphatic carbocycles. The molecule has 1 fully saturated rings. The summed E-state index contributed by atoms with van der Waals surface area (Å²) in [5, 5.41) is 0. The van der Waals surface area contributed by atoms with E-state index in [1.165, 1.54) is 0 Å². The van der Waals surface area contributed by atoms with Crippen molar-refractivity contribution in [2.45, 2.75) is 26.4 Å². The van der Waals surface area contributed by atoms with Gasteiger partial charge in [-0.3, -0.25) is 4.79 Å². The van der Waals surface area contributed by atoms with Gasteiger partial charge in [0.2, 0.25) is 6.10 Å². The second kappa shape index (κ2) is 5.67. The van der Waals surface area contributed by atoms with Gasteiger partial charge < -0.3 is 9.47 Å². The highest BCUT2D eigenvalue weighted by Gasteiger charge is 2.33. The van der Waals surface area contributed by atoms with E-state index in [1.807, 2.05) is 13.8 Å². The molecule has 1 aliphatic rings. The Bertz CT molecular complexity index is 252. The van der Waals surface area contributed by atoms with Crippen LogP contribution in [0, 0.1) is 11.8 Å². The van der Waals surface area contributed by atoms with Crippen molar-refractivity contribution in [3.63, 3.8) is 0 Å². The highest BCUT2D eigenvalue weighted by atomic mass is 127. The molecule has 15 heavy (non-hydrogen) atoms. The summed E-state index contributed by atoms with van der Waals surface area (Å²) in [5.74, 6) is -0.617. The van der Waals surface area contributed by atoms with E-state index in [-0.39, 0.29) is 17.8 Å². The van der Waals surface area contributed by atoms with Gasteiger partial charge in [0, 0.05) is 10.8 Å². The predicted molar refractivity (Wildman–Crippen MR) is 62.7 cm³/mol. The molecular weight excluding hydrogens is 311 g/mol. The second-order valence-corrected chi connectivity index (χ2v) is 4.77. The number of rotatable bonds is 4. The van der Waals surface area contributed by atoms with Crippen LogP contribution in [0.5, 0.6) is 0 Å². The van der Waals surface area contributed by atoms with Gasteiger partial charge in [-0.25, -0.2) is 4.79 Å². The Morgan fingerprint density at radius 2 is 2.33 bits per heavy atom. The number of hydrogen-bond donors (Lipinski definition) is 0. The summed E-state index contributed by atoms with van der Waals surface area (Å²) in [6, 6.07) is 0. The number of carbonyl (C=O) groups excluding carboxylic acids is 2. The number of halogens is 1. The molecule has 0 aromatic heterocycles. The van der Waals surface area contributed by atoms with Crippen molar-refractivity contribution >= 4 is 34.5 Å². The number of ether oxygens (including phenoxy) is 2. The SMILES string of the molecule is CC(C)C(CI)C(=O)OC1CCOC1=O.